The van der Waals surface area contributed by atoms with Crippen LogP contribution in [0.4, 0.5) is 13.2 Å². The highest BCUT2D eigenvalue weighted by Gasteiger charge is 2.27. The second-order valence-corrected chi connectivity index (χ2v) is 4.26. The van der Waals surface area contributed by atoms with Crippen LogP contribution in [-0.4, -0.2) is 41.2 Å². The molecule has 1 aromatic heterocycles. The SMILES string of the molecule is O=C(O)c1cccnc1SCCOCC(F)(F)F. The van der Waals surface area contributed by atoms with Crippen molar-refractivity contribution in [1.29, 1.82) is 0 Å². The Hall–Kier alpha value is -1.28. The summed E-state index contributed by atoms with van der Waals surface area (Å²) in [6, 6.07) is 2.86. The van der Waals surface area contributed by atoms with E-state index in [1.807, 2.05) is 0 Å². The molecule has 0 fully saturated rings. The van der Waals surface area contributed by atoms with Crippen LogP contribution in [0.3, 0.4) is 0 Å². The van der Waals surface area contributed by atoms with Crippen molar-refractivity contribution < 1.29 is 27.8 Å². The molecule has 0 saturated carbocycles. The number of halogens is 3. The van der Waals surface area contributed by atoms with E-state index in [1.54, 1.807) is 0 Å². The lowest BCUT2D eigenvalue weighted by atomic mass is 10.3. The van der Waals surface area contributed by atoms with E-state index in [0.717, 1.165) is 11.8 Å². The first-order valence-corrected chi connectivity index (χ1v) is 5.84. The molecule has 1 heterocycles. The fraction of sp³-hybridized carbons (Fsp3) is 0.400. The average molecular weight is 281 g/mol. The zero-order valence-electron chi connectivity index (χ0n) is 9.11. The third-order valence-corrected chi connectivity index (χ3v) is 2.70. The third-order valence-electron chi connectivity index (χ3n) is 1.73. The zero-order valence-corrected chi connectivity index (χ0v) is 9.92. The normalized spacial score (nSPS) is 11.5. The first-order valence-electron chi connectivity index (χ1n) is 4.86. The third kappa shape index (κ3) is 5.37. The smallest absolute Gasteiger partial charge is 0.411 e. The van der Waals surface area contributed by atoms with E-state index in [1.165, 1.54) is 18.3 Å². The molecule has 1 rings (SSSR count). The lowest BCUT2D eigenvalue weighted by Gasteiger charge is -2.07. The topological polar surface area (TPSA) is 59.4 Å². The van der Waals surface area contributed by atoms with Gasteiger partial charge in [0.1, 0.15) is 11.6 Å². The van der Waals surface area contributed by atoms with Gasteiger partial charge in [0.2, 0.25) is 0 Å². The fourth-order valence-electron chi connectivity index (χ4n) is 1.05. The molecule has 0 aliphatic heterocycles. The van der Waals surface area contributed by atoms with Crippen molar-refractivity contribution in [2.45, 2.75) is 11.2 Å². The van der Waals surface area contributed by atoms with Gasteiger partial charge in [-0.05, 0) is 12.1 Å². The Morgan fingerprint density at radius 3 is 2.83 bits per heavy atom. The van der Waals surface area contributed by atoms with Crippen molar-refractivity contribution in [2.24, 2.45) is 0 Å². The van der Waals surface area contributed by atoms with Crippen molar-refractivity contribution in [3.05, 3.63) is 23.9 Å². The number of carboxylic acid groups (broad SMARTS) is 1. The van der Waals surface area contributed by atoms with Gasteiger partial charge in [-0.2, -0.15) is 13.2 Å². The average Bonchev–Trinajstić information content (AvgIpc) is 2.27. The molecule has 18 heavy (non-hydrogen) atoms. The van der Waals surface area contributed by atoms with Crippen LogP contribution in [0.25, 0.3) is 0 Å². The predicted molar refractivity (Wildman–Crippen MR) is 58.8 cm³/mol. The van der Waals surface area contributed by atoms with Gasteiger partial charge in [0.05, 0.1) is 12.2 Å². The minimum Gasteiger partial charge on any atom is -0.478 e. The molecular weight excluding hydrogens is 271 g/mol. The van der Waals surface area contributed by atoms with Crippen LogP contribution in [0.5, 0.6) is 0 Å². The highest BCUT2D eigenvalue weighted by molar-refractivity contribution is 7.99. The monoisotopic (exact) mass is 281 g/mol. The van der Waals surface area contributed by atoms with Crippen LogP contribution in [0.1, 0.15) is 10.4 Å². The predicted octanol–water partition coefficient (Wildman–Crippen LogP) is 2.45. The molecule has 0 aliphatic carbocycles. The first-order chi connectivity index (χ1) is 8.40. The number of carboxylic acids is 1. The maximum Gasteiger partial charge on any atom is 0.411 e. The molecule has 100 valence electrons. The molecule has 1 aromatic rings. The highest BCUT2D eigenvalue weighted by Crippen LogP contribution is 2.20. The summed E-state index contributed by atoms with van der Waals surface area (Å²) in [6.07, 6.45) is -2.92. The van der Waals surface area contributed by atoms with E-state index in [2.05, 4.69) is 9.72 Å². The van der Waals surface area contributed by atoms with Gasteiger partial charge in [-0.25, -0.2) is 9.78 Å². The zero-order chi connectivity index (χ0) is 13.6. The van der Waals surface area contributed by atoms with Crippen LogP contribution in [0.2, 0.25) is 0 Å². The summed E-state index contributed by atoms with van der Waals surface area (Å²) in [7, 11) is 0. The molecular formula is C10H10F3NO3S. The summed E-state index contributed by atoms with van der Waals surface area (Å²) in [5.41, 5.74) is 0.0262. The summed E-state index contributed by atoms with van der Waals surface area (Å²) in [6.45, 7) is -1.43. The molecule has 4 nitrogen and oxygen atoms in total. The van der Waals surface area contributed by atoms with Gasteiger partial charge < -0.3 is 9.84 Å². The summed E-state index contributed by atoms with van der Waals surface area (Å²) in [5.74, 6) is -0.922. The summed E-state index contributed by atoms with van der Waals surface area (Å²) in [5, 5.41) is 9.11. The van der Waals surface area contributed by atoms with Crippen molar-refractivity contribution >= 4 is 17.7 Å². The van der Waals surface area contributed by atoms with Crippen LogP contribution in [0.15, 0.2) is 23.4 Å². The number of alkyl halides is 3. The van der Waals surface area contributed by atoms with Crippen LogP contribution in [-0.2, 0) is 4.74 Å². The quantitative estimate of drug-likeness (QED) is 0.641. The van der Waals surface area contributed by atoms with Gasteiger partial charge >= 0.3 is 12.1 Å². The van der Waals surface area contributed by atoms with Crippen LogP contribution in [0, 0.1) is 0 Å². The molecule has 8 heteroatoms. The summed E-state index contributed by atoms with van der Waals surface area (Å²) < 4.78 is 39.7. The van der Waals surface area contributed by atoms with E-state index < -0.39 is 18.8 Å². The number of hydrogen-bond donors (Lipinski definition) is 1. The molecule has 0 aliphatic rings. The van der Waals surface area contributed by atoms with Gasteiger partial charge in [0.25, 0.3) is 0 Å². The lowest BCUT2D eigenvalue weighted by molar-refractivity contribution is -0.172. The molecule has 0 radical (unpaired) electrons. The Bertz CT molecular complexity index is 412. The molecule has 0 bridgehead atoms. The maximum atomic E-state index is 11.8. The number of aromatic nitrogens is 1. The maximum absolute atomic E-state index is 11.8. The van der Waals surface area contributed by atoms with Crippen molar-refractivity contribution in [3.8, 4) is 0 Å². The largest absolute Gasteiger partial charge is 0.478 e. The molecule has 0 atom stereocenters. The molecule has 0 spiro atoms. The number of hydrogen-bond acceptors (Lipinski definition) is 4. The molecule has 1 N–H and O–H groups in total. The van der Waals surface area contributed by atoms with Crippen molar-refractivity contribution in [2.75, 3.05) is 19.0 Å². The number of thioether (sulfide) groups is 1. The van der Waals surface area contributed by atoms with Gasteiger partial charge in [0.15, 0.2) is 0 Å². The van der Waals surface area contributed by atoms with E-state index in [9.17, 15) is 18.0 Å². The number of carbonyl (C=O) groups is 1. The van der Waals surface area contributed by atoms with E-state index in [0.29, 0.717) is 0 Å². The van der Waals surface area contributed by atoms with Crippen molar-refractivity contribution in [3.63, 3.8) is 0 Å². The van der Waals surface area contributed by atoms with Gasteiger partial charge in [-0.15, -0.1) is 11.8 Å². The molecule has 0 amide bonds. The fourth-order valence-corrected chi connectivity index (χ4v) is 1.89. The Kier molecular flexibility index (Phi) is 5.42. The van der Waals surface area contributed by atoms with E-state index in [4.69, 9.17) is 5.11 Å². The molecule has 0 unspecified atom stereocenters. The minimum atomic E-state index is -4.35. The van der Waals surface area contributed by atoms with Crippen LogP contribution < -0.4 is 0 Å². The van der Waals surface area contributed by atoms with Crippen molar-refractivity contribution in [1.82, 2.24) is 4.98 Å². The number of aromatic carboxylic acids is 1. The number of ether oxygens (including phenoxy) is 1. The van der Waals surface area contributed by atoms with Crippen LogP contribution >= 0.6 is 11.8 Å². The standard InChI is InChI=1S/C10H10F3NO3S/c11-10(12,13)6-17-4-5-18-8-7(9(15)16)2-1-3-14-8/h1-3H,4-6H2,(H,15,16). The van der Waals surface area contributed by atoms with Gasteiger partial charge in [-0.3, -0.25) is 0 Å². The van der Waals surface area contributed by atoms with Gasteiger partial charge in [0, 0.05) is 11.9 Å². The lowest BCUT2D eigenvalue weighted by Crippen LogP contribution is -2.18. The number of nitrogens with zero attached hydrogens (tertiary/aromatic N) is 1. The second-order valence-electron chi connectivity index (χ2n) is 3.18. The Morgan fingerprint density at radius 2 is 2.22 bits per heavy atom. The Morgan fingerprint density at radius 1 is 1.50 bits per heavy atom. The Labute approximate surface area is 105 Å². The second kappa shape index (κ2) is 6.60. The first kappa shape index (κ1) is 14.8. The molecule has 0 aromatic carbocycles. The Balaban J connectivity index is 2.38. The summed E-state index contributed by atoms with van der Waals surface area (Å²) in [4.78, 5) is 14.7. The van der Waals surface area contributed by atoms with E-state index >= 15 is 0 Å². The number of pyridine rings is 1. The van der Waals surface area contributed by atoms with Gasteiger partial charge in [-0.1, -0.05) is 0 Å². The molecule has 0 saturated heterocycles. The summed E-state index contributed by atoms with van der Waals surface area (Å²) >= 11 is 1.04. The number of rotatable bonds is 6. The highest BCUT2D eigenvalue weighted by atomic mass is 32.2. The minimum absolute atomic E-state index is 0.0262. The van der Waals surface area contributed by atoms with E-state index in [-0.39, 0.29) is 22.9 Å².